The molecule has 0 saturated heterocycles. The molecule has 0 bridgehead atoms. The second kappa shape index (κ2) is 10.3. The number of hydrogen-bond acceptors (Lipinski definition) is 3. The Hall–Kier alpha value is -2.91. The maximum atomic E-state index is 10.5. The third-order valence-corrected chi connectivity index (χ3v) is 4.39. The summed E-state index contributed by atoms with van der Waals surface area (Å²) in [5, 5.41) is 14.9. The van der Waals surface area contributed by atoms with Crippen molar-refractivity contribution in [2.75, 3.05) is 0 Å². The molecular weight excluding hydrogens is 334 g/mol. The number of nitrogens with zero attached hydrogens (tertiary/aromatic N) is 1. The molecule has 3 heteroatoms. The lowest BCUT2D eigenvalue weighted by Gasteiger charge is -2.13. The molecule has 1 unspecified atom stereocenters. The SMILES string of the molecule is OC(CCc1ccccc1)C/C(=N/OCc1ccccc1)c1ccccc1. The molecule has 1 atom stereocenters. The number of aryl methyl sites for hydroxylation is 1. The van der Waals surface area contributed by atoms with E-state index in [1.807, 2.05) is 78.9 Å². The van der Waals surface area contributed by atoms with Crippen molar-refractivity contribution in [3.8, 4) is 0 Å². The molecule has 0 radical (unpaired) electrons. The van der Waals surface area contributed by atoms with Crippen molar-refractivity contribution in [1.82, 2.24) is 0 Å². The summed E-state index contributed by atoms with van der Waals surface area (Å²) in [4.78, 5) is 5.58. The zero-order chi connectivity index (χ0) is 18.7. The van der Waals surface area contributed by atoms with Gasteiger partial charge in [0.25, 0.3) is 0 Å². The highest BCUT2D eigenvalue weighted by molar-refractivity contribution is 6.00. The van der Waals surface area contributed by atoms with Gasteiger partial charge < -0.3 is 9.94 Å². The van der Waals surface area contributed by atoms with E-state index in [0.29, 0.717) is 19.4 Å². The molecule has 0 aliphatic carbocycles. The van der Waals surface area contributed by atoms with Crippen LogP contribution >= 0.6 is 0 Å². The van der Waals surface area contributed by atoms with E-state index >= 15 is 0 Å². The quantitative estimate of drug-likeness (QED) is 0.432. The van der Waals surface area contributed by atoms with Crippen LogP contribution in [-0.2, 0) is 17.9 Å². The van der Waals surface area contributed by atoms with Crippen LogP contribution in [0.25, 0.3) is 0 Å². The summed E-state index contributed by atoms with van der Waals surface area (Å²) in [5.74, 6) is 0. The van der Waals surface area contributed by atoms with Gasteiger partial charge in [-0.3, -0.25) is 0 Å². The maximum absolute atomic E-state index is 10.5. The number of benzene rings is 3. The Labute approximate surface area is 160 Å². The van der Waals surface area contributed by atoms with E-state index < -0.39 is 6.10 Å². The Kier molecular flexibility index (Phi) is 7.19. The van der Waals surface area contributed by atoms with Crippen LogP contribution < -0.4 is 0 Å². The Bertz CT molecular complexity index is 817. The van der Waals surface area contributed by atoms with Gasteiger partial charge in [0, 0.05) is 6.42 Å². The van der Waals surface area contributed by atoms with Gasteiger partial charge >= 0.3 is 0 Å². The van der Waals surface area contributed by atoms with Crippen molar-refractivity contribution < 1.29 is 9.94 Å². The molecule has 0 spiro atoms. The van der Waals surface area contributed by atoms with Gasteiger partial charge in [0.05, 0.1) is 11.8 Å². The van der Waals surface area contributed by atoms with Gasteiger partial charge in [-0.15, -0.1) is 0 Å². The van der Waals surface area contributed by atoms with E-state index in [-0.39, 0.29) is 0 Å². The van der Waals surface area contributed by atoms with Crippen LogP contribution in [0.3, 0.4) is 0 Å². The van der Waals surface area contributed by atoms with Gasteiger partial charge in [-0.05, 0) is 29.5 Å². The molecule has 1 N–H and O–H groups in total. The van der Waals surface area contributed by atoms with Crippen LogP contribution in [0.1, 0.15) is 29.5 Å². The number of hydrogen-bond donors (Lipinski definition) is 1. The largest absolute Gasteiger partial charge is 0.393 e. The molecule has 0 aliphatic rings. The Morgan fingerprint density at radius 3 is 1.96 bits per heavy atom. The van der Waals surface area contributed by atoms with E-state index in [0.717, 1.165) is 23.3 Å². The lowest BCUT2D eigenvalue weighted by Crippen LogP contribution is -2.16. The van der Waals surface area contributed by atoms with Crippen LogP contribution in [0.5, 0.6) is 0 Å². The van der Waals surface area contributed by atoms with Crippen molar-refractivity contribution in [2.24, 2.45) is 5.16 Å². The van der Waals surface area contributed by atoms with Gasteiger partial charge in [-0.1, -0.05) is 96.2 Å². The summed E-state index contributed by atoms with van der Waals surface area (Å²) >= 11 is 0. The molecule has 0 fully saturated rings. The second-order valence-corrected chi connectivity index (χ2v) is 6.55. The molecule has 0 aromatic heterocycles. The van der Waals surface area contributed by atoms with Crippen LogP contribution in [0.4, 0.5) is 0 Å². The van der Waals surface area contributed by atoms with Crippen LogP contribution in [0.2, 0.25) is 0 Å². The predicted molar refractivity (Wildman–Crippen MR) is 110 cm³/mol. The zero-order valence-electron chi connectivity index (χ0n) is 15.4. The van der Waals surface area contributed by atoms with E-state index in [2.05, 4.69) is 17.3 Å². The fourth-order valence-electron chi connectivity index (χ4n) is 2.90. The third-order valence-electron chi connectivity index (χ3n) is 4.39. The molecule has 3 nitrogen and oxygen atoms in total. The summed E-state index contributed by atoms with van der Waals surface area (Å²) in [7, 11) is 0. The Morgan fingerprint density at radius 1 is 0.778 bits per heavy atom. The third kappa shape index (κ3) is 6.39. The van der Waals surface area contributed by atoms with Gasteiger partial charge in [0.1, 0.15) is 6.61 Å². The Balaban J connectivity index is 1.62. The monoisotopic (exact) mass is 359 g/mol. The maximum Gasteiger partial charge on any atom is 0.142 e. The van der Waals surface area contributed by atoms with Crippen molar-refractivity contribution in [1.29, 1.82) is 0 Å². The first-order valence-corrected chi connectivity index (χ1v) is 9.31. The summed E-state index contributed by atoms with van der Waals surface area (Å²) in [6, 6.07) is 30.1. The summed E-state index contributed by atoms with van der Waals surface area (Å²) in [5.41, 5.74) is 4.05. The fraction of sp³-hybridized carbons (Fsp3) is 0.208. The molecule has 3 rings (SSSR count). The lowest BCUT2D eigenvalue weighted by atomic mass is 10.00. The summed E-state index contributed by atoms with van der Waals surface area (Å²) < 4.78 is 0. The minimum absolute atomic E-state index is 0.414. The highest BCUT2D eigenvalue weighted by Crippen LogP contribution is 2.13. The van der Waals surface area contributed by atoms with Gasteiger partial charge in [0.15, 0.2) is 0 Å². The summed E-state index contributed by atoms with van der Waals surface area (Å²) in [6.45, 7) is 0.414. The van der Waals surface area contributed by atoms with E-state index in [1.54, 1.807) is 0 Å². The predicted octanol–water partition coefficient (Wildman–Crippen LogP) is 4.99. The van der Waals surface area contributed by atoms with E-state index in [9.17, 15) is 5.11 Å². The summed E-state index contributed by atoms with van der Waals surface area (Å²) in [6.07, 6.45) is 1.53. The molecule has 0 heterocycles. The molecule has 0 aliphatic heterocycles. The van der Waals surface area contributed by atoms with Crippen molar-refractivity contribution >= 4 is 5.71 Å². The van der Waals surface area contributed by atoms with Crippen LogP contribution in [-0.4, -0.2) is 16.9 Å². The van der Waals surface area contributed by atoms with Crippen molar-refractivity contribution in [3.05, 3.63) is 108 Å². The highest BCUT2D eigenvalue weighted by Gasteiger charge is 2.12. The molecular formula is C24H25NO2. The van der Waals surface area contributed by atoms with E-state index in [1.165, 1.54) is 5.56 Å². The van der Waals surface area contributed by atoms with Gasteiger partial charge in [-0.25, -0.2) is 0 Å². The number of aliphatic hydroxyl groups excluding tert-OH is 1. The molecule has 138 valence electrons. The molecule has 0 amide bonds. The van der Waals surface area contributed by atoms with Crippen molar-refractivity contribution in [3.63, 3.8) is 0 Å². The van der Waals surface area contributed by atoms with Gasteiger partial charge in [0.2, 0.25) is 0 Å². The minimum Gasteiger partial charge on any atom is -0.393 e. The lowest BCUT2D eigenvalue weighted by molar-refractivity contribution is 0.126. The number of oxime groups is 1. The molecule has 3 aromatic carbocycles. The Morgan fingerprint density at radius 2 is 1.33 bits per heavy atom. The number of rotatable bonds is 9. The van der Waals surface area contributed by atoms with Crippen LogP contribution in [0.15, 0.2) is 96.2 Å². The molecule has 0 saturated carbocycles. The zero-order valence-corrected chi connectivity index (χ0v) is 15.4. The normalized spacial score (nSPS) is 12.6. The first kappa shape index (κ1) is 18.9. The highest BCUT2D eigenvalue weighted by atomic mass is 16.6. The second-order valence-electron chi connectivity index (χ2n) is 6.55. The topological polar surface area (TPSA) is 41.8 Å². The first-order chi connectivity index (χ1) is 13.3. The average molecular weight is 359 g/mol. The molecule has 3 aromatic rings. The minimum atomic E-state index is -0.468. The molecule has 27 heavy (non-hydrogen) atoms. The van der Waals surface area contributed by atoms with Gasteiger partial charge in [-0.2, -0.15) is 0 Å². The first-order valence-electron chi connectivity index (χ1n) is 9.31. The number of aliphatic hydroxyl groups is 1. The average Bonchev–Trinajstić information content (AvgIpc) is 2.74. The fourth-order valence-corrected chi connectivity index (χ4v) is 2.90. The van der Waals surface area contributed by atoms with Crippen LogP contribution in [0, 0.1) is 0 Å². The van der Waals surface area contributed by atoms with Crippen molar-refractivity contribution in [2.45, 2.75) is 32.0 Å². The van der Waals surface area contributed by atoms with E-state index in [4.69, 9.17) is 4.84 Å². The standard InChI is InChI=1S/C24H25NO2/c26-23(17-16-20-10-4-1-5-11-20)18-24(22-14-8-3-9-15-22)25-27-19-21-12-6-2-7-13-21/h1-15,23,26H,16-19H2/b25-24-. The smallest absolute Gasteiger partial charge is 0.142 e.